The van der Waals surface area contributed by atoms with Crippen molar-refractivity contribution in [3.05, 3.63) is 35.4 Å². The van der Waals surface area contributed by atoms with Gasteiger partial charge in [0, 0.05) is 25.2 Å². The van der Waals surface area contributed by atoms with E-state index in [1.54, 1.807) is 0 Å². The molecule has 1 rings (SSSR count). The van der Waals surface area contributed by atoms with Crippen molar-refractivity contribution < 1.29 is 14.6 Å². The Hall–Kier alpha value is -1.83. The first-order chi connectivity index (χ1) is 10.2. The van der Waals surface area contributed by atoms with E-state index in [1.807, 2.05) is 38.1 Å². The molecule has 0 radical (unpaired) electrons. The Morgan fingerprint density at radius 3 is 2.71 bits per heavy atom. The van der Waals surface area contributed by atoms with E-state index >= 15 is 0 Å². The fraction of sp³-hybridized carbons (Fsp3) is 0.471. The van der Waals surface area contributed by atoms with Gasteiger partial charge in [-0.25, -0.2) is 0 Å². The molecule has 21 heavy (non-hydrogen) atoms. The molecule has 4 nitrogen and oxygen atoms in total. The second-order valence-corrected chi connectivity index (χ2v) is 4.67. The summed E-state index contributed by atoms with van der Waals surface area (Å²) in [6.07, 6.45) is 1.21. The van der Waals surface area contributed by atoms with Crippen molar-refractivity contribution in [1.82, 2.24) is 5.32 Å². The Bertz CT molecular complexity index is 485. The highest BCUT2D eigenvalue weighted by atomic mass is 16.5. The highest BCUT2D eigenvalue weighted by Gasteiger charge is 2.09. The highest BCUT2D eigenvalue weighted by molar-refractivity contribution is 5.76. The van der Waals surface area contributed by atoms with Gasteiger partial charge in [-0.05, 0) is 38.0 Å². The average molecular weight is 289 g/mol. The highest BCUT2D eigenvalue weighted by Crippen LogP contribution is 2.13. The van der Waals surface area contributed by atoms with E-state index in [2.05, 4.69) is 17.2 Å². The molecular weight excluding hydrogens is 266 g/mol. The van der Waals surface area contributed by atoms with Crippen LogP contribution in [0.25, 0.3) is 0 Å². The first-order valence-corrected chi connectivity index (χ1v) is 7.24. The zero-order valence-electron chi connectivity index (χ0n) is 12.7. The molecule has 0 aromatic heterocycles. The van der Waals surface area contributed by atoms with Crippen LogP contribution in [-0.2, 0) is 9.53 Å². The predicted octanol–water partition coefficient (Wildman–Crippen LogP) is 2.02. The molecular formula is C17H23NO3. The van der Waals surface area contributed by atoms with Crippen LogP contribution >= 0.6 is 0 Å². The number of carbonyl (C=O) groups excluding carboxylic acids is 1. The van der Waals surface area contributed by atoms with E-state index in [-0.39, 0.29) is 18.6 Å². The lowest BCUT2D eigenvalue weighted by atomic mass is 10.1. The summed E-state index contributed by atoms with van der Waals surface area (Å²) in [5.74, 6) is 5.48. The van der Waals surface area contributed by atoms with E-state index in [1.165, 1.54) is 0 Å². The van der Waals surface area contributed by atoms with Crippen molar-refractivity contribution in [2.24, 2.45) is 0 Å². The number of aliphatic hydroxyl groups is 1. The van der Waals surface area contributed by atoms with Gasteiger partial charge in [-0.3, -0.25) is 4.79 Å². The summed E-state index contributed by atoms with van der Waals surface area (Å²) in [5.41, 5.74) is 1.88. The summed E-state index contributed by atoms with van der Waals surface area (Å²) >= 11 is 0. The maximum Gasteiger partial charge on any atom is 0.220 e. The molecule has 1 aromatic rings. The van der Waals surface area contributed by atoms with Gasteiger partial charge in [0.1, 0.15) is 6.61 Å². The van der Waals surface area contributed by atoms with Gasteiger partial charge in [0.2, 0.25) is 5.91 Å². The third kappa shape index (κ3) is 6.94. The summed E-state index contributed by atoms with van der Waals surface area (Å²) in [6.45, 7) is 5.06. The topological polar surface area (TPSA) is 58.6 Å². The van der Waals surface area contributed by atoms with Gasteiger partial charge in [-0.2, -0.15) is 0 Å². The lowest BCUT2D eigenvalue weighted by molar-refractivity contribution is -0.122. The van der Waals surface area contributed by atoms with Gasteiger partial charge >= 0.3 is 0 Å². The Kier molecular flexibility index (Phi) is 8.18. The van der Waals surface area contributed by atoms with Crippen LogP contribution in [0.3, 0.4) is 0 Å². The molecule has 0 saturated heterocycles. The monoisotopic (exact) mass is 289 g/mol. The maximum atomic E-state index is 11.8. The number of hydrogen-bond donors (Lipinski definition) is 2. The number of ether oxygens (including phenoxy) is 1. The molecule has 0 aliphatic carbocycles. The first-order valence-electron chi connectivity index (χ1n) is 7.24. The van der Waals surface area contributed by atoms with Gasteiger partial charge in [0.25, 0.3) is 0 Å². The van der Waals surface area contributed by atoms with Gasteiger partial charge in [0.15, 0.2) is 0 Å². The Labute approximate surface area is 126 Å². The number of nitrogens with one attached hydrogen (secondary N) is 1. The third-order valence-electron chi connectivity index (χ3n) is 3.00. The molecule has 0 spiro atoms. The molecule has 0 aliphatic rings. The van der Waals surface area contributed by atoms with Crippen LogP contribution < -0.4 is 5.32 Å². The van der Waals surface area contributed by atoms with Gasteiger partial charge in [-0.1, -0.05) is 24.0 Å². The summed E-state index contributed by atoms with van der Waals surface area (Å²) in [6, 6.07) is 7.61. The lowest BCUT2D eigenvalue weighted by Crippen LogP contribution is -2.26. The minimum Gasteiger partial charge on any atom is -0.384 e. The average Bonchev–Trinajstić information content (AvgIpc) is 2.50. The molecule has 0 aliphatic heterocycles. The second-order valence-electron chi connectivity index (χ2n) is 4.67. The zero-order valence-corrected chi connectivity index (χ0v) is 12.7. The molecule has 0 heterocycles. The van der Waals surface area contributed by atoms with Crippen LogP contribution in [0.4, 0.5) is 0 Å². The molecule has 1 atom stereocenters. The number of aliphatic hydroxyl groups excluding tert-OH is 1. The minimum absolute atomic E-state index is 0.0337. The number of carbonyl (C=O) groups is 1. The summed E-state index contributed by atoms with van der Waals surface area (Å²) in [5, 5.41) is 11.6. The molecule has 0 bridgehead atoms. The van der Waals surface area contributed by atoms with Crippen LogP contribution in [0.1, 0.15) is 43.9 Å². The number of amides is 1. The zero-order chi connectivity index (χ0) is 15.5. The normalized spacial score (nSPS) is 11.4. The fourth-order valence-corrected chi connectivity index (χ4v) is 1.87. The van der Waals surface area contributed by atoms with E-state index in [0.717, 1.165) is 17.5 Å². The SMILES string of the molecule is CCOCCCC(=O)NC(C)c1ccc(C#CCO)cc1. The molecule has 1 aromatic carbocycles. The van der Waals surface area contributed by atoms with Gasteiger partial charge in [-0.15, -0.1) is 0 Å². The van der Waals surface area contributed by atoms with Crippen molar-refractivity contribution in [1.29, 1.82) is 0 Å². The van der Waals surface area contributed by atoms with E-state index in [0.29, 0.717) is 19.6 Å². The number of benzene rings is 1. The Morgan fingerprint density at radius 2 is 2.10 bits per heavy atom. The van der Waals surface area contributed by atoms with Crippen LogP contribution in [0.5, 0.6) is 0 Å². The predicted molar refractivity (Wildman–Crippen MR) is 82.7 cm³/mol. The second kappa shape index (κ2) is 9.98. The molecule has 0 saturated carbocycles. The largest absolute Gasteiger partial charge is 0.384 e. The van der Waals surface area contributed by atoms with Crippen LogP contribution in [-0.4, -0.2) is 30.8 Å². The smallest absolute Gasteiger partial charge is 0.220 e. The quantitative estimate of drug-likeness (QED) is 0.596. The van der Waals surface area contributed by atoms with Crippen molar-refractivity contribution in [2.45, 2.75) is 32.7 Å². The number of rotatable bonds is 7. The first kappa shape index (κ1) is 17.2. The molecule has 114 valence electrons. The molecule has 1 amide bonds. The fourth-order valence-electron chi connectivity index (χ4n) is 1.87. The van der Waals surface area contributed by atoms with Crippen LogP contribution in [0, 0.1) is 11.8 Å². The standard InChI is InChI=1S/C17H23NO3/c1-3-21-13-5-7-17(20)18-14(2)16-10-8-15(9-11-16)6-4-12-19/h8-11,14,19H,3,5,7,12-13H2,1-2H3,(H,18,20). The molecule has 2 N–H and O–H groups in total. The minimum atomic E-state index is -0.143. The number of hydrogen-bond acceptors (Lipinski definition) is 3. The summed E-state index contributed by atoms with van der Waals surface area (Å²) < 4.78 is 5.21. The molecule has 0 fully saturated rings. The maximum absolute atomic E-state index is 11.8. The molecule has 1 unspecified atom stereocenters. The van der Waals surface area contributed by atoms with Crippen LogP contribution in [0.15, 0.2) is 24.3 Å². The van der Waals surface area contributed by atoms with E-state index < -0.39 is 0 Å². The van der Waals surface area contributed by atoms with Gasteiger partial charge < -0.3 is 15.2 Å². The van der Waals surface area contributed by atoms with Crippen LogP contribution in [0.2, 0.25) is 0 Å². The summed E-state index contributed by atoms with van der Waals surface area (Å²) in [4.78, 5) is 11.8. The van der Waals surface area contributed by atoms with Crippen molar-refractivity contribution >= 4 is 5.91 Å². The lowest BCUT2D eigenvalue weighted by Gasteiger charge is -2.14. The Balaban J connectivity index is 2.44. The van der Waals surface area contributed by atoms with Crippen molar-refractivity contribution in [3.8, 4) is 11.8 Å². The summed E-state index contributed by atoms with van der Waals surface area (Å²) in [7, 11) is 0. The Morgan fingerprint density at radius 1 is 1.38 bits per heavy atom. The van der Waals surface area contributed by atoms with E-state index in [4.69, 9.17) is 9.84 Å². The third-order valence-corrected chi connectivity index (χ3v) is 3.00. The van der Waals surface area contributed by atoms with Crippen molar-refractivity contribution in [2.75, 3.05) is 19.8 Å². The van der Waals surface area contributed by atoms with Crippen molar-refractivity contribution in [3.63, 3.8) is 0 Å². The van der Waals surface area contributed by atoms with Gasteiger partial charge in [0.05, 0.1) is 6.04 Å². The molecule has 4 heteroatoms. The van der Waals surface area contributed by atoms with E-state index in [9.17, 15) is 4.79 Å².